The summed E-state index contributed by atoms with van der Waals surface area (Å²) in [7, 11) is 1.21. The molecule has 0 aliphatic carbocycles. The number of hydrogen-bond donors (Lipinski definition) is 2. The Bertz CT molecular complexity index is 727. The first-order valence-electron chi connectivity index (χ1n) is 6.91. The highest BCUT2D eigenvalue weighted by molar-refractivity contribution is 5.98. The molecular formula is C17H17NO5. The fourth-order valence-electron chi connectivity index (χ4n) is 1.97. The predicted octanol–water partition coefficient (Wildman–Crippen LogP) is 2.50. The minimum atomic E-state index is -0.685. The maximum Gasteiger partial charge on any atom is 0.341 e. The predicted molar refractivity (Wildman–Crippen MR) is 84.8 cm³/mol. The van der Waals surface area contributed by atoms with E-state index < -0.39 is 11.9 Å². The van der Waals surface area contributed by atoms with E-state index in [9.17, 15) is 14.7 Å². The Morgan fingerprint density at radius 2 is 1.87 bits per heavy atom. The number of esters is 1. The number of benzene rings is 2. The summed E-state index contributed by atoms with van der Waals surface area (Å²) in [6.07, 6.45) is 0. The lowest BCUT2D eigenvalue weighted by Gasteiger charge is -2.11. The third-order valence-corrected chi connectivity index (χ3v) is 3.17. The average molecular weight is 315 g/mol. The zero-order valence-corrected chi connectivity index (χ0v) is 12.8. The number of hydrogen-bond acceptors (Lipinski definition) is 5. The number of phenols is 1. The fourth-order valence-corrected chi connectivity index (χ4v) is 1.97. The first-order chi connectivity index (χ1) is 11.0. The van der Waals surface area contributed by atoms with Crippen molar-refractivity contribution in [2.75, 3.05) is 19.0 Å². The summed E-state index contributed by atoms with van der Waals surface area (Å²) in [6.45, 7) is 1.66. The SMILES string of the molecule is COC(=O)c1cccc(NC(=O)COc2ccccc2C)c1O. The minimum Gasteiger partial charge on any atom is -0.505 e. The van der Waals surface area contributed by atoms with Crippen LogP contribution in [0.2, 0.25) is 0 Å². The number of methoxy groups -OCH3 is 1. The Morgan fingerprint density at radius 3 is 2.57 bits per heavy atom. The molecule has 0 radical (unpaired) electrons. The van der Waals surface area contributed by atoms with Gasteiger partial charge in [-0.1, -0.05) is 24.3 Å². The highest BCUT2D eigenvalue weighted by Crippen LogP contribution is 2.28. The summed E-state index contributed by atoms with van der Waals surface area (Å²) in [5.41, 5.74) is 1.01. The summed E-state index contributed by atoms with van der Waals surface area (Å²) in [6, 6.07) is 11.7. The molecule has 0 bridgehead atoms. The maximum atomic E-state index is 11.9. The number of carbonyl (C=O) groups is 2. The van der Waals surface area contributed by atoms with Gasteiger partial charge in [-0.2, -0.15) is 0 Å². The number of anilines is 1. The molecular weight excluding hydrogens is 298 g/mol. The molecule has 2 aromatic carbocycles. The number of rotatable bonds is 5. The van der Waals surface area contributed by atoms with Gasteiger partial charge in [0.15, 0.2) is 12.4 Å². The van der Waals surface area contributed by atoms with Crippen molar-refractivity contribution in [3.8, 4) is 11.5 Å². The first-order valence-corrected chi connectivity index (χ1v) is 6.91. The van der Waals surface area contributed by atoms with Gasteiger partial charge in [-0.3, -0.25) is 4.79 Å². The van der Waals surface area contributed by atoms with E-state index in [1.807, 2.05) is 25.1 Å². The van der Waals surface area contributed by atoms with Gasteiger partial charge in [0.2, 0.25) is 0 Å². The van der Waals surface area contributed by atoms with Crippen LogP contribution in [0.1, 0.15) is 15.9 Å². The number of carbonyl (C=O) groups excluding carboxylic acids is 2. The van der Waals surface area contributed by atoms with Crippen LogP contribution in [0, 0.1) is 6.92 Å². The molecule has 6 heteroatoms. The van der Waals surface area contributed by atoms with Gasteiger partial charge < -0.3 is 19.9 Å². The molecule has 6 nitrogen and oxygen atoms in total. The lowest BCUT2D eigenvalue weighted by molar-refractivity contribution is -0.118. The Morgan fingerprint density at radius 1 is 1.13 bits per heavy atom. The van der Waals surface area contributed by atoms with Crippen molar-refractivity contribution in [2.45, 2.75) is 6.92 Å². The normalized spacial score (nSPS) is 10.0. The van der Waals surface area contributed by atoms with Crippen LogP contribution >= 0.6 is 0 Å². The quantitative estimate of drug-likeness (QED) is 0.654. The van der Waals surface area contributed by atoms with Crippen LogP contribution in [0.25, 0.3) is 0 Å². The van der Waals surface area contributed by atoms with Crippen molar-refractivity contribution < 1.29 is 24.2 Å². The van der Waals surface area contributed by atoms with Crippen molar-refractivity contribution in [3.63, 3.8) is 0 Å². The van der Waals surface area contributed by atoms with Gasteiger partial charge in [-0.05, 0) is 30.7 Å². The first kappa shape index (κ1) is 16.4. The van der Waals surface area contributed by atoms with E-state index in [4.69, 9.17) is 4.74 Å². The Kier molecular flexibility index (Phi) is 5.19. The van der Waals surface area contributed by atoms with E-state index in [2.05, 4.69) is 10.1 Å². The Hall–Kier alpha value is -3.02. The van der Waals surface area contributed by atoms with E-state index in [-0.39, 0.29) is 23.6 Å². The molecule has 23 heavy (non-hydrogen) atoms. The van der Waals surface area contributed by atoms with Gasteiger partial charge in [0.25, 0.3) is 5.91 Å². The van der Waals surface area contributed by atoms with Crippen molar-refractivity contribution in [1.29, 1.82) is 0 Å². The van der Waals surface area contributed by atoms with E-state index in [1.165, 1.54) is 25.3 Å². The zero-order chi connectivity index (χ0) is 16.8. The molecule has 1 amide bonds. The fraction of sp³-hybridized carbons (Fsp3) is 0.176. The second kappa shape index (κ2) is 7.31. The summed E-state index contributed by atoms with van der Waals surface area (Å²) < 4.78 is 9.98. The van der Waals surface area contributed by atoms with E-state index in [0.717, 1.165) is 5.56 Å². The molecule has 0 unspecified atom stereocenters. The van der Waals surface area contributed by atoms with Gasteiger partial charge in [0, 0.05) is 0 Å². The average Bonchev–Trinajstić information content (AvgIpc) is 2.55. The van der Waals surface area contributed by atoms with Gasteiger partial charge in [0.05, 0.1) is 12.8 Å². The van der Waals surface area contributed by atoms with Crippen LogP contribution in [0.15, 0.2) is 42.5 Å². The lowest BCUT2D eigenvalue weighted by atomic mass is 10.1. The molecule has 0 aromatic heterocycles. The van der Waals surface area contributed by atoms with Crippen LogP contribution in [-0.2, 0) is 9.53 Å². The molecule has 0 aliphatic heterocycles. The topological polar surface area (TPSA) is 84.9 Å². The number of aromatic hydroxyl groups is 1. The standard InChI is InChI=1S/C17H17NO5/c1-11-6-3-4-9-14(11)23-10-15(19)18-13-8-5-7-12(16(13)20)17(21)22-2/h3-9,20H,10H2,1-2H3,(H,18,19). The lowest BCUT2D eigenvalue weighted by Crippen LogP contribution is -2.20. The van der Waals surface area contributed by atoms with E-state index >= 15 is 0 Å². The molecule has 2 rings (SSSR count). The molecule has 0 aliphatic rings. The highest BCUT2D eigenvalue weighted by atomic mass is 16.5. The number of ether oxygens (including phenoxy) is 2. The second-order valence-corrected chi connectivity index (χ2v) is 4.80. The molecule has 0 heterocycles. The highest BCUT2D eigenvalue weighted by Gasteiger charge is 2.16. The van der Waals surface area contributed by atoms with Gasteiger partial charge >= 0.3 is 5.97 Å². The summed E-state index contributed by atoms with van der Waals surface area (Å²) >= 11 is 0. The van der Waals surface area contributed by atoms with Gasteiger partial charge in [-0.25, -0.2) is 4.79 Å². The van der Waals surface area contributed by atoms with Crippen molar-refractivity contribution in [2.24, 2.45) is 0 Å². The van der Waals surface area contributed by atoms with Crippen LogP contribution in [0.4, 0.5) is 5.69 Å². The largest absolute Gasteiger partial charge is 0.505 e. The number of aryl methyl sites for hydroxylation is 1. The van der Waals surface area contributed by atoms with Crippen LogP contribution in [0.5, 0.6) is 11.5 Å². The molecule has 0 fully saturated rings. The molecule has 0 atom stereocenters. The van der Waals surface area contributed by atoms with Crippen molar-refractivity contribution in [1.82, 2.24) is 0 Å². The van der Waals surface area contributed by atoms with E-state index in [1.54, 1.807) is 6.07 Å². The smallest absolute Gasteiger partial charge is 0.341 e. The molecule has 2 N–H and O–H groups in total. The number of amides is 1. The maximum absolute atomic E-state index is 11.9. The molecule has 0 saturated heterocycles. The summed E-state index contributed by atoms with van der Waals surface area (Å²) in [4.78, 5) is 23.4. The zero-order valence-electron chi connectivity index (χ0n) is 12.8. The third kappa shape index (κ3) is 4.00. The number of nitrogens with one attached hydrogen (secondary N) is 1. The van der Waals surface area contributed by atoms with Gasteiger partial charge in [0.1, 0.15) is 11.3 Å². The Labute approximate surface area is 133 Å². The van der Waals surface area contributed by atoms with Crippen molar-refractivity contribution >= 4 is 17.6 Å². The molecule has 0 saturated carbocycles. The van der Waals surface area contributed by atoms with Gasteiger partial charge in [-0.15, -0.1) is 0 Å². The molecule has 0 spiro atoms. The van der Waals surface area contributed by atoms with Crippen LogP contribution in [-0.4, -0.2) is 30.7 Å². The van der Waals surface area contributed by atoms with Crippen LogP contribution in [0.3, 0.4) is 0 Å². The Balaban J connectivity index is 2.03. The minimum absolute atomic E-state index is 0.0230. The number of para-hydroxylation sites is 2. The molecule has 120 valence electrons. The third-order valence-electron chi connectivity index (χ3n) is 3.17. The summed E-state index contributed by atoms with van der Waals surface area (Å²) in [5, 5.41) is 12.5. The van der Waals surface area contributed by atoms with Crippen LogP contribution < -0.4 is 10.1 Å². The summed E-state index contributed by atoms with van der Waals surface area (Å²) in [5.74, 6) is -0.876. The van der Waals surface area contributed by atoms with Crippen molar-refractivity contribution in [3.05, 3.63) is 53.6 Å². The molecule has 2 aromatic rings. The second-order valence-electron chi connectivity index (χ2n) is 4.80. The number of phenolic OH excluding ortho intramolecular Hbond substituents is 1. The van der Waals surface area contributed by atoms with E-state index in [0.29, 0.717) is 5.75 Å². The monoisotopic (exact) mass is 315 g/mol.